The number of benzene rings is 1. The lowest BCUT2D eigenvalue weighted by molar-refractivity contribution is 0.209. The Balaban J connectivity index is 1.30. The smallest absolute Gasteiger partial charge is 0.180 e. The fourth-order valence-electron chi connectivity index (χ4n) is 3.69. The van der Waals surface area contributed by atoms with E-state index in [-0.39, 0.29) is 0 Å². The largest absolute Gasteiger partial charge is 0.355 e. The standard InChI is InChI=1S/C20H24N4OS/c1-15-14-18(25-22-15)20-19(21-23-26-20)17-9-12-24(13-10-17)11-5-8-16-6-3-2-4-7-16/h2-4,6-7,14,17H,5,8-13H2,1H3. The molecule has 0 saturated carbocycles. The van der Waals surface area contributed by atoms with Crippen molar-refractivity contribution < 1.29 is 4.52 Å². The number of piperidine rings is 1. The van der Waals surface area contributed by atoms with Gasteiger partial charge in [-0.2, -0.15) is 0 Å². The highest BCUT2D eigenvalue weighted by molar-refractivity contribution is 7.09. The monoisotopic (exact) mass is 368 g/mol. The lowest BCUT2D eigenvalue weighted by Gasteiger charge is -2.31. The highest BCUT2D eigenvalue weighted by Crippen LogP contribution is 2.36. The van der Waals surface area contributed by atoms with Gasteiger partial charge in [-0.3, -0.25) is 0 Å². The van der Waals surface area contributed by atoms with Crippen LogP contribution in [0.4, 0.5) is 0 Å². The molecular weight excluding hydrogens is 344 g/mol. The summed E-state index contributed by atoms with van der Waals surface area (Å²) in [5, 5.41) is 8.41. The molecule has 3 aromatic rings. The van der Waals surface area contributed by atoms with Crippen molar-refractivity contribution in [1.29, 1.82) is 0 Å². The Bertz CT molecular complexity index is 821. The van der Waals surface area contributed by atoms with E-state index in [1.165, 1.54) is 30.1 Å². The summed E-state index contributed by atoms with van der Waals surface area (Å²) in [5.41, 5.74) is 3.42. The molecule has 3 heterocycles. The SMILES string of the molecule is Cc1cc(-c2snnc2C2CCN(CCCc3ccccc3)CC2)on1. The molecule has 0 radical (unpaired) electrons. The van der Waals surface area contributed by atoms with Crippen LogP contribution in [0, 0.1) is 6.92 Å². The zero-order valence-electron chi connectivity index (χ0n) is 15.1. The molecule has 1 aliphatic heterocycles. The van der Waals surface area contributed by atoms with E-state index in [1.807, 2.05) is 13.0 Å². The molecule has 0 bridgehead atoms. The molecular formula is C20H24N4OS. The minimum atomic E-state index is 0.472. The normalized spacial score (nSPS) is 16.2. The van der Waals surface area contributed by atoms with Crippen molar-refractivity contribution in [1.82, 2.24) is 19.6 Å². The van der Waals surface area contributed by atoms with Crippen LogP contribution >= 0.6 is 11.5 Å². The average molecular weight is 369 g/mol. The van der Waals surface area contributed by atoms with E-state index < -0.39 is 0 Å². The van der Waals surface area contributed by atoms with Gasteiger partial charge in [-0.25, -0.2) is 0 Å². The Kier molecular flexibility index (Phi) is 5.41. The van der Waals surface area contributed by atoms with Gasteiger partial charge in [0.1, 0.15) is 4.88 Å². The summed E-state index contributed by atoms with van der Waals surface area (Å²) in [7, 11) is 0. The maximum absolute atomic E-state index is 5.43. The highest BCUT2D eigenvalue weighted by atomic mass is 32.1. The highest BCUT2D eigenvalue weighted by Gasteiger charge is 2.26. The van der Waals surface area contributed by atoms with Gasteiger partial charge in [0.15, 0.2) is 5.76 Å². The molecule has 1 aliphatic rings. The summed E-state index contributed by atoms with van der Waals surface area (Å²) in [6, 6.07) is 12.7. The van der Waals surface area contributed by atoms with Crippen LogP contribution in [0.3, 0.4) is 0 Å². The summed E-state index contributed by atoms with van der Waals surface area (Å²) in [5.74, 6) is 1.28. The number of rotatable bonds is 6. The van der Waals surface area contributed by atoms with Crippen molar-refractivity contribution in [3.05, 3.63) is 53.3 Å². The topological polar surface area (TPSA) is 55.1 Å². The van der Waals surface area contributed by atoms with Gasteiger partial charge in [-0.1, -0.05) is 40.0 Å². The number of hydrogen-bond acceptors (Lipinski definition) is 6. The van der Waals surface area contributed by atoms with E-state index in [4.69, 9.17) is 4.52 Å². The third-order valence-corrected chi connectivity index (χ3v) is 5.88. The first-order valence-electron chi connectivity index (χ1n) is 9.32. The van der Waals surface area contributed by atoms with Gasteiger partial charge >= 0.3 is 0 Å². The molecule has 136 valence electrons. The van der Waals surface area contributed by atoms with Crippen molar-refractivity contribution in [2.24, 2.45) is 0 Å². The van der Waals surface area contributed by atoms with E-state index >= 15 is 0 Å². The van der Waals surface area contributed by atoms with Crippen LogP contribution < -0.4 is 0 Å². The second kappa shape index (κ2) is 8.10. The zero-order chi connectivity index (χ0) is 17.8. The first kappa shape index (κ1) is 17.4. The lowest BCUT2D eigenvalue weighted by Crippen LogP contribution is -2.34. The van der Waals surface area contributed by atoms with E-state index in [2.05, 4.69) is 50.0 Å². The predicted molar refractivity (Wildman–Crippen MR) is 103 cm³/mol. The fourth-order valence-corrected chi connectivity index (χ4v) is 4.39. The summed E-state index contributed by atoms with van der Waals surface area (Å²) in [6.07, 6.45) is 4.65. The number of hydrogen-bond donors (Lipinski definition) is 0. The molecule has 0 amide bonds. The Morgan fingerprint density at radius 3 is 2.73 bits per heavy atom. The van der Waals surface area contributed by atoms with Gasteiger partial charge in [0.2, 0.25) is 0 Å². The van der Waals surface area contributed by atoms with Crippen LogP contribution in [0.15, 0.2) is 40.9 Å². The second-order valence-electron chi connectivity index (χ2n) is 7.02. The minimum absolute atomic E-state index is 0.472. The number of aromatic nitrogens is 3. The molecule has 6 heteroatoms. The van der Waals surface area contributed by atoms with Crippen LogP contribution in [0.1, 0.15) is 42.1 Å². The Morgan fingerprint density at radius 2 is 2.00 bits per heavy atom. The summed E-state index contributed by atoms with van der Waals surface area (Å²) in [4.78, 5) is 3.63. The molecule has 0 atom stereocenters. The van der Waals surface area contributed by atoms with Crippen LogP contribution in [0.25, 0.3) is 10.6 Å². The van der Waals surface area contributed by atoms with Gasteiger partial charge in [0.25, 0.3) is 0 Å². The molecule has 0 aliphatic carbocycles. The molecule has 4 rings (SSSR count). The lowest BCUT2D eigenvalue weighted by atomic mass is 9.92. The van der Waals surface area contributed by atoms with Crippen LogP contribution in [0.2, 0.25) is 0 Å². The molecule has 1 saturated heterocycles. The van der Waals surface area contributed by atoms with Crippen molar-refractivity contribution in [2.75, 3.05) is 19.6 Å². The van der Waals surface area contributed by atoms with Crippen LogP contribution in [0.5, 0.6) is 0 Å². The first-order valence-corrected chi connectivity index (χ1v) is 10.1. The molecule has 26 heavy (non-hydrogen) atoms. The zero-order valence-corrected chi connectivity index (χ0v) is 15.9. The van der Waals surface area contributed by atoms with Gasteiger partial charge < -0.3 is 9.42 Å². The third-order valence-electron chi connectivity index (χ3n) is 5.12. The molecule has 1 aromatic carbocycles. The molecule has 0 unspecified atom stereocenters. The fraction of sp³-hybridized carbons (Fsp3) is 0.450. The summed E-state index contributed by atoms with van der Waals surface area (Å²) >= 11 is 1.41. The van der Waals surface area contributed by atoms with Crippen molar-refractivity contribution in [3.8, 4) is 10.6 Å². The number of likely N-dealkylation sites (tertiary alicyclic amines) is 1. The summed E-state index contributed by atoms with van der Waals surface area (Å²) in [6.45, 7) is 5.37. The quantitative estimate of drug-likeness (QED) is 0.649. The van der Waals surface area contributed by atoms with Crippen molar-refractivity contribution in [3.63, 3.8) is 0 Å². The first-order chi connectivity index (χ1) is 12.8. The molecule has 0 N–H and O–H groups in total. The van der Waals surface area contributed by atoms with Gasteiger partial charge in [0.05, 0.1) is 11.4 Å². The molecule has 2 aromatic heterocycles. The molecule has 0 spiro atoms. The van der Waals surface area contributed by atoms with Crippen molar-refractivity contribution >= 4 is 11.5 Å². The Morgan fingerprint density at radius 1 is 1.19 bits per heavy atom. The average Bonchev–Trinajstić information content (AvgIpc) is 3.32. The van der Waals surface area contributed by atoms with E-state index in [9.17, 15) is 0 Å². The van der Waals surface area contributed by atoms with E-state index in [0.717, 1.165) is 54.4 Å². The minimum Gasteiger partial charge on any atom is -0.355 e. The third kappa shape index (κ3) is 4.02. The van der Waals surface area contributed by atoms with Crippen LogP contribution in [-0.4, -0.2) is 39.3 Å². The second-order valence-corrected chi connectivity index (χ2v) is 7.78. The van der Waals surface area contributed by atoms with Gasteiger partial charge in [0, 0.05) is 12.0 Å². The van der Waals surface area contributed by atoms with Crippen LogP contribution in [-0.2, 0) is 6.42 Å². The van der Waals surface area contributed by atoms with Gasteiger partial charge in [-0.15, -0.1) is 5.10 Å². The van der Waals surface area contributed by atoms with E-state index in [1.54, 1.807) is 0 Å². The maximum atomic E-state index is 5.43. The molecule has 1 fully saturated rings. The summed E-state index contributed by atoms with van der Waals surface area (Å²) < 4.78 is 9.60. The number of nitrogens with zero attached hydrogens (tertiary/aromatic N) is 4. The van der Waals surface area contributed by atoms with Crippen molar-refractivity contribution in [2.45, 2.75) is 38.5 Å². The predicted octanol–water partition coefficient (Wildman–Crippen LogP) is 4.31. The Hall–Kier alpha value is -2.05. The van der Waals surface area contributed by atoms with Gasteiger partial charge in [-0.05, 0) is 69.3 Å². The number of aryl methyl sites for hydroxylation is 2. The Labute approximate surface area is 158 Å². The maximum Gasteiger partial charge on any atom is 0.180 e. The molecule has 5 nitrogen and oxygen atoms in total. The van der Waals surface area contributed by atoms with E-state index in [0.29, 0.717) is 5.92 Å².